The van der Waals surface area contributed by atoms with Crippen molar-refractivity contribution in [3.05, 3.63) is 59.1 Å². The van der Waals surface area contributed by atoms with Gasteiger partial charge in [-0.3, -0.25) is 4.79 Å². The average Bonchev–Trinajstić information content (AvgIpc) is 2.99. The Morgan fingerprint density at radius 3 is 2.60 bits per heavy atom. The number of fused-ring (bicyclic) bond motifs is 2. The Hall–Kier alpha value is -3.39. The molecule has 0 unspecified atom stereocenters. The van der Waals surface area contributed by atoms with Crippen molar-refractivity contribution in [3.8, 4) is 17.4 Å². The van der Waals surface area contributed by atoms with E-state index in [0.717, 1.165) is 20.8 Å². The lowest BCUT2D eigenvalue weighted by molar-refractivity contribution is -0.120. The van der Waals surface area contributed by atoms with Gasteiger partial charge in [0.05, 0.1) is 12.6 Å². The topological polar surface area (TPSA) is 85.4 Å². The number of amides is 1. The first kappa shape index (κ1) is 19.9. The largest absolute Gasteiger partial charge is 0.497 e. The molecule has 0 aliphatic carbocycles. The average molecular weight is 468 g/mol. The summed E-state index contributed by atoms with van der Waals surface area (Å²) in [7, 11) is 3.25. The second-order valence-electron chi connectivity index (χ2n) is 6.65. The number of halogens is 1. The quantitative estimate of drug-likeness (QED) is 0.392. The number of carbonyl (C=O) groups excluding carboxylic acids is 1. The van der Waals surface area contributed by atoms with Gasteiger partial charge in [0.25, 0.3) is 0 Å². The molecule has 1 heterocycles. The molecule has 0 saturated heterocycles. The third kappa shape index (κ3) is 3.86. The van der Waals surface area contributed by atoms with Crippen LogP contribution in [-0.4, -0.2) is 29.3 Å². The van der Waals surface area contributed by atoms with Crippen molar-refractivity contribution in [2.75, 3.05) is 13.7 Å². The van der Waals surface area contributed by atoms with E-state index in [2.05, 4.69) is 26.2 Å². The molecule has 1 aromatic heterocycles. The van der Waals surface area contributed by atoms with Gasteiger partial charge in [0.15, 0.2) is 12.3 Å². The van der Waals surface area contributed by atoms with Crippen LogP contribution < -0.4 is 9.47 Å². The number of methoxy groups -OCH3 is 1. The Balaban J connectivity index is 1.50. The third-order valence-corrected chi connectivity index (χ3v) is 5.24. The molecule has 0 aliphatic rings. The van der Waals surface area contributed by atoms with E-state index < -0.39 is 5.91 Å². The van der Waals surface area contributed by atoms with Gasteiger partial charge in [-0.2, -0.15) is 0 Å². The highest BCUT2D eigenvalue weighted by molar-refractivity contribution is 9.10. The van der Waals surface area contributed by atoms with Gasteiger partial charge in [0, 0.05) is 16.9 Å². The summed E-state index contributed by atoms with van der Waals surface area (Å²) in [5.74, 6) is 0.523. The summed E-state index contributed by atoms with van der Waals surface area (Å²) in [6.45, 7) is -0.264. The van der Waals surface area contributed by atoms with Crippen LogP contribution >= 0.6 is 15.9 Å². The molecule has 4 rings (SSSR count). The van der Waals surface area contributed by atoms with Gasteiger partial charge in [0.2, 0.25) is 5.88 Å². The number of nitrogens with zero attached hydrogens (tertiary/aromatic N) is 3. The van der Waals surface area contributed by atoms with Crippen LogP contribution in [0.4, 0.5) is 5.69 Å². The monoisotopic (exact) mass is 467 g/mol. The van der Waals surface area contributed by atoms with Gasteiger partial charge in [-0.25, -0.2) is 0 Å². The number of aromatic hydroxyl groups is 1. The van der Waals surface area contributed by atoms with Crippen LogP contribution in [0.1, 0.15) is 0 Å². The number of carbonyl (C=O) groups is 1. The zero-order valence-corrected chi connectivity index (χ0v) is 17.9. The molecule has 3 aromatic carbocycles. The normalized spacial score (nSPS) is 11.4. The summed E-state index contributed by atoms with van der Waals surface area (Å²) in [5.41, 5.74) is 0.949. The Morgan fingerprint density at radius 1 is 1.07 bits per heavy atom. The molecule has 0 saturated carbocycles. The van der Waals surface area contributed by atoms with Crippen LogP contribution in [0.5, 0.6) is 17.4 Å². The Morgan fingerprint density at radius 2 is 1.80 bits per heavy atom. The maximum absolute atomic E-state index is 12.2. The number of benzene rings is 3. The minimum atomic E-state index is -0.565. The number of hydrogen-bond acceptors (Lipinski definition) is 5. The van der Waals surface area contributed by atoms with Crippen LogP contribution in [-0.2, 0) is 11.8 Å². The summed E-state index contributed by atoms with van der Waals surface area (Å²) < 4.78 is 13.3. The molecule has 1 N–H and O–H groups in total. The molecule has 0 atom stereocenters. The van der Waals surface area contributed by atoms with Crippen molar-refractivity contribution >= 4 is 49.2 Å². The summed E-state index contributed by atoms with van der Waals surface area (Å²) in [6.07, 6.45) is 0. The summed E-state index contributed by atoms with van der Waals surface area (Å²) in [4.78, 5) is 12.2. The van der Waals surface area contributed by atoms with Crippen LogP contribution in [0.3, 0.4) is 0 Å². The highest BCUT2D eigenvalue weighted by Gasteiger charge is 2.15. The fourth-order valence-corrected chi connectivity index (χ4v) is 3.56. The van der Waals surface area contributed by atoms with Gasteiger partial charge in [0.1, 0.15) is 11.5 Å². The predicted octanol–water partition coefficient (Wildman–Crippen LogP) is 5.50. The minimum Gasteiger partial charge on any atom is -0.497 e. The number of hydrogen-bond donors (Lipinski definition) is 1. The van der Waals surface area contributed by atoms with E-state index in [-0.39, 0.29) is 18.2 Å². The molecule has 7 nitrogen and oxygen atoms in total. The Labute approximate surface area is 180 Å². The van der Waals surface area contributed by atoms with E-state index in [9.17, 15) is 9.90 Å². The summed E-state index contributed by atoms with van der Waals surface area (Å²) in [5, 5.41) is 20.7. The van der Waals surface area contributed by atoms with Crippen LogP contribution in [0.2, 0.25) is 0 Å². The van der Waals surface area contributed by atoms with Gasteiger partial charge < -0.3 is 19.1 Å². The molecule has 0 spiro atoms. The molecule has 0 aliphatic heterocycles. The van der Waals surface area contributed by atoms with Crippen molar-refractivity contribution in [1.29, 1.82) is 0 Å². The number of aryl methyl sites for hydroxylation is 1. The predicted molar refractivity (Wildman–Crippen MR) is 118 cm³/mol. The van der Waals surface area contributed by atoms with Crippen molar-refractivity contribution in [1.82, 2.24) is 4.57 Å². The van der Waals surface area contributed by atoms with E-state index in [1.807, 2.05) is 30.3 Å². The van der Waals surface area contributed by atoms with Gasteiger partial charge in [-0.05, 0) is 53.2 Å². The smallest absolute Gasteiger partial charge is 0.302 e. The Bertz CT molecular complexity index is 1300. The molecule has 30 heavy (non-hydrogen) atoms. The minimum absolute atomic E-state index is 0.0867. The molecule has 4 aromatic rings. The maximum Gasteiger partial charge on any atom is 0.302 e. The summed E-state index contributed by atoms with van der Waals surface area (Å²) in [6, 6.07) is 16.8. The lowest BCUT2D eigenvalue weighted by atomic mass is 10.1. The van der Waals surface area contributed by atoms with Gasteiger partial charge in [-0.1, -0.05) is 28.1 Å². The van der Waals surface area contributed by atoms with Crippen molar-refractivity contribution in [3.63, 3.8) is 0 Å². The first-order valence-corrected chi connectivity index (χ1v) is 9.87. The van der Waals surface area contributed by atoms with Crippen LogP contribution in [0.25, 0.3) is 21.7 Å². The fourth-order valence-electron chi connectivity index (χ4n) is 3.18. The Kier molecular flexibility index (Phi) is 5.41. The second-order valence-corrected chi connectivity index (χ2v) is 7.57. The van der Waals surface area contributed by atoms with E-state index in [4.69, 9.17) is 9.47 Å². The first-order valence-electron chi connectivity index (χ1n) is 9.08. The van der Waals surface area contributed by atoms with E-state index in [1.54, 1.807) is 43.0 Å². The van der Waals surface area contributed by atoms with Gasteiger partial charge in [-0.15, -0.1) is 10.2 Å². The number of azo groups is 1. The van der Waals surface area contributed by atoms with Crippen molar-refractivity contribution in [2.24, 2.45) is 17.3 Å². The third-order valence-electron chi connectivity index (χ3n) is 4.75. The SMILES string of the molecule is COc1ccc2c(c1)c(N=NC(=O)COc1ccc3cc(Br)ccc3c1)c(O)n2C. The summed E-state index contributed by atoms with van der Waals surface area (Å²) >= 11 is 3.44. The lowest BCUT2D eigenvalue weighted by Gasteiger charge is -2.05. The van der Waals surface area contributed by atoms with Crippen molar-refractivity contribution in [2.45, 2.75) is 0 Å². The number of rotatable bonds is 5. The van der Waals surface area contributed by atoms with E-state index >= 15 is 0 Å². The standard InChI is InChI=1S/C22H18BrN3O4/c1-26-19-8-7-16(29-2)11-18(19)21(22(26)28)25-24-20(27)12-30-17-6-4-13-9-15(23)5-3-14(13)10-17/h3-11,28H,12H2,1-2H3. The zero-order chi connectivity index (χ0) is 21.3. The maximum atomic E-state index is 12.2. The van der Waals surface area contributed by atoms with Gasteiger partial charge >= 0.3 is 5.91 Å². The fraction of sp³-hybridized carbons (Fsp3) is 0.136. The first-order chi connectivity index (χ1) is 14.5. The molecule has 152 valence electrons. The molecular weight excluding hydrogens is 450 g/mol. The molecule has 1 amide bonds. The molecule has 0 fully saturated rings. The second kappa shape index (κ2) is 8.16. The highest BCUT2D eigenvalue weighted by atomic mass is 79.9. The molecule has 0 bridgehead atoms. The van der Waals surface area contributed by atoms with E-state index in [1.165, 1.54) is 0 Å². The molecule has 8 heteroatoms. The van der Waals surface area contributed by atoms with Crippen LogP contribution in [0.15, 0.2) is 69.3 Å². The van der Waals surface area contributed by atoms with E-state index in [0.29, 0.717) is 16.9 Å². The zero-order valence-electron chi connectivity index (χ0n) is 16.3. The number of ether oxygens (including phenoxy) is 2. The molecular formula is C22H18BrN3O4. The molecule has 0 radical (unpaired) electrons. The lowest BCUT2D eigenvalue weighted by Crippen LogP contribution is -2.07. The number of aromatic nitrogens is 1. The highest BCUT2D eigenvalue weighted by Crippen LogP contribution is 2.39. The van der Waals surface area contributed by atoms with Crippen LogP contribution in [0, 0.1) is 0 Å². The van der Waals surface area contributed by atoms with Crippen molar-refractivity contribution < 1.29 is 19.4 Å².